The number of nitrogens with zero attached hydrogens (tertiary/aromatic N) is 1. The quantitative estimate of drug-likeness (QED) is 0.303. The van der Waals surface area contributed by atoms with Gasteiger partial charge >= 0.3 is 0 Å². The van der Waals surface area contributed by atoms with Crippen molar-refractivity contribution in [2.24, 2.45) is 0 Å². The van der Waals surface area contributed by atoms with E-state index in [2.05, 4.69) is 0 Å². The number of benzene rings is 3. The molecule has 3 aromatic carbocycles. The van der Waals surface area contributed by atoms with Gasteiger partial charge in [0.05, 0.1) is 24.3 Å². The number of Topliss-reactive ketones (excluding diaryl/α,β-unsaturated/α-hetero) is 1. The molecule has 7 heteroatoms. The Balaban J connectivity index is 2.03. The summed E-state index contributed by atoms with van der Waals surface area (Å²) < 4.78 is 20.4. The lowest BCUT2D eigenvalue weighted by Crippen LogP contribution is -2.29. The summed E-state index contributed by atoms with van der Waals surface area (Å²) in [7, 11) is 1.45. The highest BCUT2D eigenvalue weighted by Gasteiger charge is 2.48. The Bertz CT molecular complexity index is 1300. The molecule has 1 heterocycles. The molecule has 33 heavy (non-hydrogen) atoms. The molecule has 0 bridgehead atoms. The van der Waals surface area contributed by atoms with Gasteiger partial charge in [-0.1, -0.05) is 35.9 Å². The van der Waals surface area contributed by atoms with Crippen LogP contribution in [0.25, 0.3) is 5.76 Å². The van der Waals surface area contributed by atoms with Crippen molar-refractivity contribution < 1.29 is 23.8 Å². The largest absolute Gasteiger partial charge is 0.507 e. The number of carbonyl (C=O) groups is 2. The number of rotatable bonds is 4. The van der Waals surface area contributed by atoms with E-state index in [0.29, 0.717) is 16.5 Å². The first-order valence-corrected chi connectivity index (χ1v) is 10.6. The van der Waals surface area contributed by atoms with Crippen molar-refractivity contribution >= 4 is 34.7 Å². The summed E-state index contributed by atoms with van der Waals surface area (Å²) in [5, 5.41) is 11.8. The van der Waals surface area contributed by atoms with Crippen molar-refractivity contribution in [1.82, 2.24) is 0 Å². The van der Waals surface area contributed by atoms with E-state index in [-0.39, 0.29) is 16.7 Å². The molecule has 4 rings (SSSR count). The molecule has 0 aliphatic carbocycles. The summed E-state index contributed by atoms with van der Waals surface area (Å²) in [6.45, 7) is 3.65. The highest BCUT2D eigenvalue weighted by Crippen LogP contribution is 2.44. The number of halogens is 2. The Kier molecular flexibility index (Phi) is 5.95. The molecule has 1 unspecified atom stereocenters. The molecule has 5 nitrogen and oxygen atoms in total. The van der Waals surface area contributed by atoms with Gasteiger partial charge in [-0.2, -0.15) is 0 Å². The van der Waals surface area contributed by atoms with Gasteiger partial charge in [0.15, 0.2) is 0 Å². The van der Waals surface area contributed by atoms with Gasteiger partial charge in [-0.15, -0.1) is 0 Å². The van der Waals surface area contributed by atoms with Crippen LogP contribution in [0.15, 0.2) is 66.2 Å². The molecule has 1 aliphatic rings. The zero-order chi connectivity index (χ0) is 23.9. The van der Waals surface area contributed by atoms with E-state index in [4.69, 9.17) is 16.3 Å². The Morgan fingerprint density at radius 2 is 1.73 bits per heavy atom. The van der Waals surface area contributed by atoms with Crippen LogP contribution in [-0.2, 0) is 9.59 Å². The summed E-state index contributed by atoms with van der Waals surface area (Å²) in [4.78, 5) is 27.6. The molecule has 3 aromatic rings. The number of ether oxygens (including phenoxy) is 1. The van der Waals surface area contributed by atoms with Gasteiger partial charge in [-0.3, -0.25) is 14.5 Å². The lowest BCUT2D eigenvalue weighted by molar-refractivity contribution is -0.132. The molecule has 1 atom stereocenters. The fraction of sp³-hybridized carbons (Fsp3) is 0.154. The van der Waals surface area contributed by atoms with Gasteiger partial charge in [-0.05, 0) is 61.4 Å². The maximum absolute atomic E-state index is 15.0. The third-order valence-electron chi connectivity index (χ3n) is 5.63. The second-order valence-corrected chi connectivity index (χ2v) is 8.27. The SMILES string of the molecule is COc1c(C)cc(C)cc1/C(O)=C1\C(=O)C(=O)N(c2ccc(Cl)cc2)C1c1ccccc1F. The van der Waals surface area contributed by atoms with E-state index in [1.165, 1.54) is 30.2 Å². The first-order valence-electron chi connectivity index (χ1n) is 10.2. The minimum absolute atomic E-state index is 0.0801. The van der Waals surface area contributed by atoms with Crippen LogP contribution in [0.5, 0.6) is 5.75 Å². The fourth-order valence-electron chi connectivity index (χ4n) is 4.24. The van der Waals surface area contributed by atoms with Gasteiger partial charge in [0, 0.05) is 16.3 Å². The number of methoxy groups -OCH3 is 1. The maximum Gasteiger partial charge on any atom is 0.300 e. The van der Waals surface area contributed by atoms with Gasteiger partial charge in [0.2, 0.25) is 0 Å². The van der Waals surface area contributed by atoms with E-state index in [0.717, 1.165) is 11.1 Å². The zero-order valence-corrected chi connectivity index (χ0v) is 19.0. The second-order valence-electron chi connectivity index (χ2n) is 7.83. The predicted molar refractivity (Wildman–Crippen MR) is 125 cm³/mol. The van der Waals surface area contributed by atoms with Crippen LogP contribution in [-0.4, -0.2) is 23.9 Å². The Hall–Kier alpha value is -3.64. The lowest BCUT2D eigenvalue weighted by Gasteiger charge is -2.26. The number of ketones is 1. The average molecular weight is 466 g/mol. The summed E-state index contributed by atoms with van der Waals surface area (Å²) >= 11 is 5.99. The fourth-order valence-corrected chi connectivity index (χ4v) is 4.36. The zero-order valence-electron chi connectivity index (χ0n) is 18.2. The van der Waals surface area contributed by atoms with Crippen LogP contribution in [0.1, 0.15) is 28.3 Å². The number of aryl methyl sites for hydroxylation is 2. The smallest absolute Gasteiger partial charge is 0.300 e. The summed E-state index contributed by atoms with van der Waals surface area (Å²) in [5.41, 5.74) is 2.03. The van der Waals surface area contributed by atoms with E-state index >= 15 is 0 Å². The number of hydrogen-bond donors (Lipinski definition) is 1. The molecule has 1 aliphatic heterocycles. The molecule has 1 N–H and O–H groups in total. The van der Waals surface area contributed by atoms with Crippen molar-refractivity contribution in [3.8, 4) is 5.75 Å². The van der Waals surface area contributed by atoms with Crippen LogP contribution in [0.3, 0.4) is 0 Å². The highest BCUT2D eigenvalue weighted by atomic mass is 35.5. The Morgan fingerprint density at radius 1 is 1.06 bits per heavy atom. The van der Waals surface area contributed by atoms with Crippen LogP contribution >= 0.6 is 11.6 Å². The van der Waals surface area contributed by atoms with E-state index in [1.807, 2.05) is 19.9 Å². The van der Waals surface area contributed by atoms with Gasteiger partial charge < -0.3 is 9.84 Å². The maximum atomic E-state index is 15.0. The normalized spacial score (nSPS) is 17.5. The molecule has 0 saturated carbocycles. The third kappa shape index (κ3) is 3.87. The number of carbonyl (C=O) groups excluding carboxylic acids is 2. The average Bonchev–Trinajstić information content (AvgIpc) is 3.04. The molecular formula is C26H21ClFNO4. The molecule has 0 radical (unpaired) electrons. The first-order chi connectivity index (χ1) is 15.7. The molecule has 0 spiro atoms. The topological polar surface area (TPSA) is 66.8 Å². The highest BCUT2D eigenvalue weighted by molar-refractivity contribution is 6.51. The van der Waals surface area contributed by atoms with E-state index in [1.54, 1.807) is 36.4 Å². The lowest BCUT2D eigenvalue weighted by atomic mass is 9.93. The van der Waals surface area contributed by atoms with Crippen molar-refractivity contribution in [3.05, 3.63) is 99.3 Å². The molecule has 1 fully saturated rings. The number of aliphatic hydroxyl groups is 1. The second kappa shape index (κ2) is 8.71. The third-order valence-corrected chi connectivity index (χ3v) is 5.88. The van der Waals surface area contributed by atoms with Crippen molar-refractivity contribution in [2.45, 2.75) is 19.9 Å². The number of aliphatic hydroxyl groups excluding tert-OH is 1. The van der Waals surface area contributed by atoms with Gasteiger partial charge in [0.1, 0.15) is 17.3 Å². The van der Waals surface area contributed by atoms with Crippen LogP contribution in [0, 0.1) is 19.7 Å². The summed E-state index contributed by atoms with van der Waals surface area (Å²) in [5.74, 6) is -2.47. The minimum Gasteiger partial charge on any atom is -0.507 e. The van der Waals surface area contributed by atoms with Crippen LogP contribution in [0.2, 0.25) is 5.02 Å². The Morgan fingerprint density at radius 3 is 2.36 bits per heavy atom. The first kappa shape index (κ1) is 22.6. The van der Waals surface area contributed by atoms with E-state index < -0.39 is 29.3 Å². The molecular weight excluding hydrogens is 445 g/mol. The number of hydrogen-bond acceptors (Lipinski definition) is 4. The van der Waals surface area contributed by atoms with Crippen molar-refractivity contribution in [1.29, 1.82) is 0 Å². The Labute approximate surface area is 195 Å². The monoisotopic (exact) mass is 465 g/mol. The molecule has 1 saturated heterocycles. The van der Waals surface area contributed by atoms with Crippen LogP contribution in [0.4, 0.5) is 10.1 Å². The summed E-state index contributed by atoms with van der Waals surface area (Å²) in [6, 6.07) is 14.5. The van der Waals surface area contributed by atoms with Crippen molar-refractivity contribution in [2.75, 3.05) is 12.0 Å². The number of anilines is 1. The van der Waals surface area contributed by atoms with Gasteiger partial charge in [0.25, 0.3) is 11.7 Å². The van der Waals surface area contributed by atoms with Gasteiger partial charge in [-0.25, -0.2) is 4.39 Å². The minimum atomic E-state index is -1.18. The molecule has 1 amide bonds. The standard InChI is InChI=1S/C26H21ClFNO4/c1-14-12-15(2)25(33-3)19(13-14)23(30)21-22(18-6-4-5-7-20(18)28)29(26(32)24(21)31)17-10-8-16(27)9-11-17/h4-13,22,30H,1-3H3/b23-21+. The predicted octanol–water partition coefficient (Wildman–Crippen LogP) is 5.73. The van der Waals surface area contributed by atoms with Crippen molar-refractivity contribution in [3.63, 3.8) is 0 Å². The number of amides is 1. The summed E-state index contributed by atoms with van der Waals surface area (Å²) in [6.07, 6.45) is 0. The molecule has 168 valence electrons. The molecule has 0 aromatic heterocycles. The van der Waals surface area contributed by atoms with E-state index in [9.17, 15) is 19.1 Å². The van der Waals surface area contributed by atoms with Crippen LogP contribution < -0.4 is 9.64 Å².